The Labute approximate surface area is 132 Å². The molecule has 6 heteroatoms. The molecule has 0 aliphatic carbocycles. The maximum absolute atomic E-state index is 12.3. The van der Waals surface area contributed by atoms with Gasteiger partial charge in [-0.25, -0.2) is 0 Å². The molecule has 0 heterocycles. The van der Waals surface area contributed by atoms with Crippen molar-refractivity contribution in [2.24, 2.45) is 0 Å². The molecule has 0 saturated heterocycles. The van der Waals surface area contributed by atoms with E-state index < -0.39 is 12.6 Å². The number of hydrogen-bond donors (Lipinski definition) is 1. The Hall–Kier alpha value is -0.750. The molecule has 2 nitrogen and oxygen atoms in total. The average molecular weight is 367 g/mol. The van der Waals surface area contributed by atoms with Crippen molar-refractivity contribution in [1.82, 2.24) is 5.32 Å². The van der Waals surface area contributed by atoms with Crippen LogP contribution >= 0.6 is 15.9 Å². The zero-order valence-electron chi connectivity index (χ0n) is 12.8. The van der Waals surface area contributed by atoms with Crippen molar-refractivity contribution < 1.29 is 13.2 Å². The molecule has 1 aromatic rings. The fourth-order valence-corrected chi connectivity index (χ4v) is 2.48. The molecular weight excluding hydrogens is 345 g/mol. The van der Waals surface area contributed by atoms with Crippen LogP contribution in [0, 0.1) is 0 Å². The minimum Gasteiger partial charge on any atom is -0.373 e. The lowest BCUT2D eigenvalue weighted by Crippen LogP contribution is -2.35. The number of anilines is 1. The molecular formula is C15H22BrF3N2. The van der Waals surface area contributed by atoms with Crippen molar-refractivity contribution in [3.63, 3.8) is 0 Å². The first kappa shape index (κ1) is 18.3. The van der Waals surface area contributed by atoms with Crippen LogP contribution < -0.4 is 10.2 Å². The van der Waals surface area contributed by atoms with E-state index in [-0.39, 0.29) is 12.1 Å². The van der Waals surface area contributed by atoms with Gasteiger partial charge in [-0.05, 0) is 54.4 Å². The summed E-state index contributed by atoms with van der Waals surface area (Å²) in [6.07, 6.45) is -4.94. The van der Waals surface area contributed by atoms with Gasteiger partial charge in [0.1, 0.15) is 0 Å². The van der Waals surface area contributed by atoms with Crippen molar-refractivity contribution in [3.05, 3.63) is 28.2 Å². The summed E-state index contributed by atoms with van der Waals surface area (Å²) in [6, 6.07) is 5.72. The van der Waals surface area contributed by atoms with Crippen molar-refractivity contribution in [1.29, 1.82) is 0 Å². The summed E-state index contributed by atoms with van der Waals surface area (Å²) in [5, 5.41) is 3.38. The SMILES string of the molecule is CN(CCC(F)(F)F)c1ccc(CNC(C)(C)C)cc1Br. The summed E-state index contributed by atoms with van der Waals surface area (Å²) < 4.78 is 37.6. The van der Waals surface area contributed by atoms with Gasteiger partial charge in [0.05, 0.1) is 12.1 Å². The zero-order valence-corrected chi connectivity index (χ0v) is 14.4. The third-order valence-corrected chi connectivity index (χ3v) is 3.61. The topological polar surface area (TPSA) is 15.3 Å². The molecule has 1 aromatic carbocycles. The van der Waals surface area contributed by atoms with Gasteiger partial charge in [0.2, 0.25) is 0 Å². The highest BCUT2D eigenvalue weighted by Crippen LogP contribution is 2.28. The maximum Gasteiger partial charge on any atom is 0.390 e. The molecule has 0 spiro atoms. The van der Waals surface area contributed by atoms with Gasteiger partial charge in [-0.15, -0.1) is 0 Å². The van der Waals surface area contributed by atoms with Gasteiger partial charge >= 0.3 is 6.18 Å². The Bertz CT molecular complexity index is 467. The molecule has 1 rings (SSSR count). The van der Waals surface area contributed by atoms with Crippen molar-refractivity contribution in [2.75, 3.05) is 18.5 Å². The zero-order chi connectivity index (χ0) is 16.3. The van der Waals surface area contributed by atoms with Crippen LogP contribution in [0.4, 0.5) is 18.9 Å². The lowest BCUT2D eigenvalue weighted by atomic mass is 10.1. The predicted octanol–water partition coefficient (Wildman–Crippen LogP) is 4.73. The van der Waals surface area contributed by atoms with E-state index >= 15 is 0 Å². The van der Waals surface area contributed by atoms with Gasteiger partial charge in [-0.1, -0.05) is 6.07 Å². The first-order chi connectivity index (χ1) is 9.48. The molecule has 120 valence electrons. The number of rotatable bonds is 5. The molecule has 0 unspecified atom stereocenters. The molecule has 0 bridgehead atoms. The number of nitrogens with one attached hydrogen (secondary N) is 1. The Balaban J connectivity index is 2.69. The number of halogens is 4. The summed E-state index contributed by atoms with van der Waals surface area (Å²) in [5.74, 6) is 0. The van der Waals surface area contributed by atoms with E-state index in [2.05, 4.69) is 42.0 Å². The van der Waals surface area contributed by atoms with Gasteiger partial charge < -0.3 is 10.2 Å². The Morgan fingerprint density at radius 1 is 1.19 bits per heavy atom. The monoisotopic (exact) mass is 366 g/mol. The van der Waals surface area contributed by atoms with Gasteiger partial charge in [0.15, 0.2) is 0 Å². The highest BCUT2D eigenvalue weighted by molar-refractivity contribution is 9.10. The fourth-order valence-electron chi connectivity index (χ4n) is 1.75. The number of hydrogen-bond acceptors (Lipinski definition) is 2. The van der Waals surface area contributed by atoms with E-state index in [1.165, 1.54) is 0 Å². The van der Waals surface area contributed by atoms with Crippen molar-refractivity contribution in [2.45, 2.75) is 45.5 Å². The molecule has 0 fully saturated rings. The van der Waals surface area contributed by atoms with Gasteiger partial charge in [0, 0.05) is 30.1 Å². The summed E-state index contributed by atoms with van der Waals surface area (Å²) in [7, 11) is 1.67. The molecule has 0 aliphatic heterocycles. The van der Waals surface area contributed by atoms with E-state index in [4.69, 9.17) is 0 Å². The van der Waals surface area contributed by atoms with Crippen LogP contribution in [0.5, 0.6) is 0 Å². The van der Waals surface area contributed by atoms with Crippen LogP contribution in [0.15, 0.2) is 22.7 Å². The Morgan fingerprint density at radius 2 is 1.81 bits per heavy atom. The van der Waals surface area contributed by atoms with Crippen LogP contribution in [0.2, 0.25) is 0 Å². The van der Waals surface area contributed by atoms with E-state index in [0.717, 1.165) is 15.7 Å². The van der Waals surface area contributed by atoms with E-state index in [0.29, 0.717) is 6.54 Å². The summed E-state index contributed by atoms with van der Waals surface area (Å²) in [6.45, 7) is 6.92. The van der Waals surface area contributed by atoms with E-state index in [1.807, 2.05) is 18.2 Å². The Morgan fingerprint density at radius 3 is 2.29 bits per heavy atom. The molecule has 21 heavy (non-hydrogen) atoms. The highest BCUT2D eigenvalue weighted by atomic mass is 79.9. The van der Waals surface area contributed by atoms with Gasteiger partial charge in [-0.3, -0.25) is 0 Å². The maximum atomic E-state index is 12.3. The molecule has 0 saturated carbocycles. The molecule has 0 aliphatic rings. The summed E-state index contributed by atoms with van der Waals surface area (Å²) in [5.41, 5.74) is 1.87. The van der Waals surface area contributed by atoms with E-state index in [1.54, 1.807) is 11.9 Å². The van der Waals surface area contributed by atoms with Crippen molar-refractivity contribution in [3.8, 4) is 0 Å². The largest absolute Gasteiger partial charge is 0.390 e. The highest BCUT2D eigenvalue weighted by Gasteiger charge is 2.27. The second-order valence-corrected chi connectivity index (χ2v) is 7.03. The first-order valence-corrected chi connectivity index (χ1v) is 7.58. The second-order valence-electron chi connectivity index (χ2n) is 6.18. The standard InChI is InChI=1S/C15H22BrF3N2/c1-14(2,3)20-10-11-5-6-13(12(16)9-11)21(4)8-7-15(17,18)19/h5-6,9,20H,7-8,10H2,1-4H3. The minimum atomic E-state index is -4.13. The van der Waals surface area contributed by atoms with Crippen LogP contribution in [0.25, 0.3) is 0 Å². The molecule has 0 radical (unpaired) electrons. The smallest absolute Gasteiger partial charge is 0.373 e. The summed E-state index contributed by atoms with van der Waals surface area (Å²) in [4.78, 5) is 1.61. The van der Waals surface area contributed by atoms with Crippen LogP contribution in [-0.4, -0.2) is 25.3 Å². The van der Waals surface area contributed by atoms with Crippen molar-refractivity contribution >= 4 is 21.6 Å². The molecule has 1 N–H and O–H groups in total. The quantitative estimate of drug-likeness (QED) is 0.810. The predicted molar refractivity (Wildman–Crippen MR) is 84.7 cm³/mol. The minimum absolute atomic E-state index is 0.0225. The number of benzene rings is 1. The van der Waals surface area contributed by atoms with E-state index in [9.17, 15) is 13.2 Å². The summed E-state index contributed by atoms with van der Waals surface area (Å²) >= 11 is 3.44. The Kier molecular flexibility index (Phi) is 6.11. The van der Waals surface area contributed by atoms with Crippen LogP contribution in [0.1, 0.15) is 32.8 Å². The third kappa shape index (κ3) is 7.18. The fraction of sp³-hybridized carbons (Fsp3) is 0.600. The number of nitrogens with zero attached hydrogens (tertiary/aromatic N) is 1. The lowest BCUT2D eigenvalue weighted by molar-refractivity contribution is -0.132. The van der Waals surface area contributed by atoms with Crippen LogP contribution in [0.3, 0.4) is 0 Å². The normalized spacial score (nSPS) is 12.6. The molecule has 0 atom stereocenters. The average Bonchev–Trinajstić information content (AvgIpc) is 2.32. The van der Waals surface area contributed by atoms with Crippen LogP contribution in [-0.2, 0) is 6.54 Å². The first-order valence-electron chi connectivity index (χ1n) is 6.79. The second kappa shape index (κ2) is 7.01. The molecule has 0 aromatic heterocycles. The van der Waals surface area contributed by atoms with Gasteiger partial charge in [-0.2, -0.15) is 13.2 Å². The number of alkyl halides is 3. The molecule has 0 amide bonds. The lowest BCUT2D eigenvalue weighted by Gasteiger charge is -2.23. The van der Waals surface area contributed by atoms with Gasteiger partial charge in [0.25, 0.3) is 0 Å². The third-order valence-electron chi connectivity index (χ3n) is 2.98.